The summed E-state index contributed by atoms with van der Waals surface area (Å²) < 4.78 is 61.5. The molecule has 0 saturated carbocycles. The van der Waals surface area contributed by atoms with E-state index in [0.29, 0.717) is 0 Å². The van der Waals surface area contributed by atoms with Crippen molar-refractivity contribution < 1.29 is 41.8 Å². The van der Waals surface area contributed by atoms with Crippen molar-refractivity contribution >= 4 is 34.8 Å². The van der Waals surface area contributed by atoms with Crippen molar-refractivity contribution in [3.63, 3.8) is 0 Å². The van der Waals surface area contributed by atoms with Gasteiger partial charge >= 0.3 is 6.36 Å². The molecule has 0 spiro atoms. The second-order valence-electron chi connectivity index (χ2n) is 5.90. The summed E-state index contributed by atoms with van der Waals surface area (Å²) in [6.07, 6.45) is -2.42. The molecule has 6 nitrogen and oxygen atoms in total. The van der Waals surface area contributed by atoms with E-state index in [4.69, 9.17) is 27.9 Å². The van der Waals surface area contributed by atoms with Crippen molar-refractivity contribution in [2.24, 2.45) is 0 Å². The lowest BCUT2D eigenvalue weighted by Crippen LogP contribution is -2.28. The molecule has 1 aromatic heterocycles. The third kappa shape index (κ3) is 5.68. The first kappa shape index (κ1) is 22.4. The number of hydrogen-bond donors (Lipinski definition) is 2. The first-order valence-corrected chi connectivity index (χ1v) is 9.02. The molecule has 0 unspecified atom stereocenters. The Hall–Kier alpha value is -3.24. The Morgan fingerprint density at radius 2 is 1.61 bits per heavy atom. The smallest absolute Gasteiger partial charge is 0.456 e. The van der Waals surface area contributed by atoms with Gasteiger partial charge in [0, 0.05) is 22.9 Å². The first-order valence-electron chi connectivity index (χ1n) is 8.26. The standard InChI is InChI=1S/C19H10Cl2F4N2O4/c20-13-9-14(30-11-1-3-12(4-2-11)31-19(23,24)25)15(17(22)16(13)21)18(28)26-10-5-7-27(29)8-6-10/h1-9,29H/p+1. The number of benzene rings is 2. The van der Waals surface area contributed by atoms with E-state index in [0.717, 1.165) is 35.1 Å². The topological polar surface area (TPSA) is 71.7 Å². The fourth-order valence-corrected chi connectivity index (χ4v) is 2.73. The van der Waals surface area contributed by atoms with Gasteiger partial charge in [0.2, 0.25) is 12.4 Å². The summed E-state index contributed by atoms with van der Waals surface area (Å²) >= 11 is 11.7. The molecule has 0 aliphatic carbocycles. The van der Waals surface area contributed by atoms with Gasteiger partial charge in [0.25, 0.3) is 5.91 Å². The quantitative estimate of drug-likeness (QED) is 0.217. The molecule has 1 amide bonds. The van der Waals surface area contributed by atoms with Gasteiger partial charge in [-0.3, -0.25) is 10.0 Å². The molecule has 12 heteroatoms. The molecule has 0 aliphatic heterocycles. The minimum absolute atomic E-state index is 0.0256. The highest BCUT2D eigenvalue weighted by Crippen LogP contribution is 2.37. The zero-order valence-electron chi connectivity index (χ0n) is 15.1. The Kier molecular flexibility index (Phi) is 6.42. The maximum absolute atomic E-state index is 14.7. The van der Waals surface area contributed by atoms with E-state index in [1.165, 1.54) is 24.5 Å². The number of hydrogen-bond acceptors (Lipinski definition) is 4. The van der Waals surface area contributed by atoms with Crippen molar-refractivity contribution in [1.82, 2.24) is 0 Å². The number of alkyl halides is 3. The van der Waals surface area contributed by atoms with Crippen LogP contribution in [0.3, 0.4) is 0 Å². The van der Waals surface area contributed by atoms with Crippen LogP contribution in [0.4, 0.5) is 23.2 Å². The number of halogens is 6. The van der Waals surface area contributed by atoms with Crippen LogP contribution < -0.4 is 19.5 Å². The van der Waals surface area contributed by atoms with E-state index in [2.05, 4.69) is 10.1 Å². The number of amides is 1. The molecule has 0 fully saturated rings. The molecule has 2 N–H and O–H groups in total. The Morgan fingerprint density at radius 1 is 1.03 bits per heavy atom. The number of carbonyl (C=O) groups excluding carboxylic acids is 1. The maximum atomic E-state index is 14.7. The van der Waals surface area contributed by atoms with E-state index in [1.807, 2.05) is 0 Å². The highest BCUT2D eigenvalue weighted by Gasteiger charge is 2.31. The lowest BCUT2D eigenvalue weighted by Gasteiger charge is -2.14. The average molecular weight is 478 g/mol. The molecular weight excluding hydrogens is 467 g/mol. The normalized spacial score (nSPS) is 11.2. The minimum atomic E-state index is -4.87. The van der Waals surface area contributed by atoms with E-state index < -0.39 is 34.4 Å². The number of ether oxygens (including phenoxy) is 2. The largest absolute Gasteiger partial charge is 0.573 e. The number of nitrogens with zero attached hydrogens (tertiary/aromatic N) is 1. The summed E-state index contributed by atoms with van der Waals surface area (Å²) in [5.41, 5.74) is -0.369. The molecule has 0 radical (unpaired) electrons. The summed E-state index contributed by atoms with van der Waals surface area (Å²) in [4.78, 5) is 12.7. The summed E-state index contributed by atoms with van der Waals surface area (Å²) in [5.74, 6) is -2.96. The van der Waals surface area contributed by atoms with Crippen LogP contribution >= 0.6 is 23.2 Å². The van der Waals surface area contributed by atoms with Gasteiger partial charge in [0.1, 0.15) is 22.8 Å². The van der Waals surface area contributed by atoms with Crippen LogP contribution in [-0.2, 0) is 0 Å². The van der Waals surface area contributed by atoms with E-state index >= 15 is 0 Å². The van der Waals surface area contributed by atoms with Gasteiger partial charge < -0.3 is 14.8 Å². The van der Waals surface area contributed by atoms with Gasteiger partial charge in [-0.25, -0.2) is 4.39 Å². The summed E-state index contributed by atoms with van der Waals surface area (Å²) in [6, 6.07) is 7.98. The lowest BCUT2D eigenvalue weighted by molar-refractivity contribution is -0.904. The molecular formula is C19H11Cl2F4N2O4+. The average Bonchev–Trinajstić information content (AvgIpc) is 2.68. The maximum Gasteiger partial charge on any atom is 0.573 e. The molecule has 1 heterocycles. The zero-order chi connectivity index (χ0) is 22.8. The van der Waals surface area contributed by atoms with Gasteiger partial charge in [-0.1, -0.05) is 23.2 Å². The fourth-order valence-electron chi connectivity index (χ4n) is 2.40. The highest BCUT2D eigenvalue weighted by molar-refractivity contribution is 6.42. The van der Waals surface area contributed by atoms with Gasteiger partial charge in [0.15, 0.2) is 5.82 Å². The molecule has 2 aromatic carbocycles. The predicted molar refractivity (Wildman–Crippen MR) is 101 cm³/mol. The zero-order valence-corrected chi connectivity index (χ0v) is 16.6. The second-order valence-corrected chi connectivity index (χ2v) is 6.69. The van der Waals surface area contributed by atoms with Gasteiger partial charge in [-0.2, -0.15) is 0 Å². The molecule has 0 atom stereocenters. The van der Waals surface area contributed by atoms with Crippen LogP contribution in [0.1, 0.15) is 10.4 Å². The molecule has 0 bridgehead atoms. The van der Waals surface area contributed by atoms with Crippen molar-refractivity contribution in [2.45, 2.75) is 6.36 Å². The number of nitrogens with one attached hydrogen (secondary N) is 1. The van der Waals surface area contributed by atoms with Gasteiger partial charge in [-0.05, 0) is 24.3 Å². The third-order valence-corrected chi connectivity index (χ3v) is 4.47. The lowest BCUT2D eigenvalue weighted by atomic mass is 10.1. The second kappa shape index (κ2) is 8.86. The van der Waals surface area contributed by atoms with E-state index in [1.54, 1.807) is 0 Å². The summed E-state index contributed by atoms with van der Waals surface area (Å²) in [6.45, 7) is 0. The monoisotopic (exact) mass is 477 g/mol. The van der Waals surface area contributed by atoms with Gasteiger partial charge in [-0.15, -0.1) is 13.2 Å². The predicted octanol–water partition coefficient (Wildman–Crippen LogP) is 5.60. The minimum Gasteiger partial charge on any atom is -0.456 e. The Labute approximate surface area is 182 Å². The van der Waals surface area contributed by atoms with Crippen LogP contribution in [0.5, 0.6) is 17.2 Å². The van der Waals surface area contributed by atoms with Crippen molar-refractivity contribution in [3.05, 3.63) is 76.3 Å². The van der Waals surface area contributed by atoms with Crippen LogP contribution in [0.25, 0.3) is 0 Å². The third-order valence-electron chi connectivity index (χ3n) is 3.71. The number of carbonyl (C=O) groups is 1. The van der Waals surface area contributed by atoms with Crippen molar-refractivity contribution in [2.75, 3.05) is 5.32 Å². The van der Waals surface area contributed by atoms with Crippen molar-refractivity contribution in [1.29, 1.82) is 0 Å². The number of pyridine rings is 1. The van der Waals surface area contributed by atoms with E-state index in [-0.39, 0.29) is 22.2 Å². The molecule has 31 heavy (non-hydrogen) atoms. The van der Waals surface area contributed by atoms with E-state index in [9.17, 15) is 27.6 Å². The highest BCUT2D eigenvalue weighted by atomic mass is 35.5. The first-order chi connectivity index (χ1) is 14.5. The molecule has 3 aromatic rings. The molecule has 162 valence electrons. The van der Waals surface area contributed by atoms with Crippen LogP contribution in [0.2, 0.25) is 10.0 Å². The van der Waals surface area contributed by atoms with Crippen LogP contribution in [-0.4, -0.2) is 17.5 Å². The Morgan fingerprint density at radius 3 is 2.19 bits per heavy atom. The van der Waals surface area contributed by atoms with Crippen molar-refractivity contribution in [3.8, 4) is 17.2 Å². The Balaban J connectivity index is 1.91. The fraction of sp³-hybridized carbons (Fsp3) is 0.0526. The molecule has 0 aliphatic rings. The number of rotatable bonds is 5. The summed E-state index contributed by atoms with van der Waals surface area (Å²) in [5, 5.41) is 10.9. The van der Waals surface area contributed by atoms with Crippen LogP contribution in [0.15, 0.2) is 54.9 Å². The Bertz CT molecular complexity index is 1110. The molecule has 3 rings (SSSR count). The number of anilines is 1. The number of aromatic nitrogens is 1. The summed E-state index contributed by atoms with van der Waals surface area (Å²) in [7, 11) is 0. The van der Waals surface area contributed by atoms with Crippen LogP contribution in [0, 0.1) is 5.82 Å². The SMILES string of the molecule is O=C(Nc1cc[n+](O)cc1)c1c(Oc2ccc(OC(F)(F)F)cc2)cc(Cl)c(Cl)c1F. The molecule has 0 saturated heterocycles. The van der Waals surface area contributed by atoms with Gasteiger partial charge in [0.05, 0.1) is 15.7 Å².